The lowest BCUT2D eigenvalue weighted by molar-refractivity contribution is -0.140. The molecule has 1 atom stereocenters. The van der Waals surface area contributed by atoms with Crippen molar-refractivity contribution in [3.8, 4) is 0 Å². The fourth-order valence-corrected chi connectivity index (χ4v) is 3.93. The number of ether oxygens (including phenoxy) is 1. The predicted molar refractivity (Wildman–Crippen MR) is 119 cm³/mol. The van der Waals surface area contributed by atoms with Gasteiger partial charge in [-0.3, -0.25) is 4.79 Å². The summed E-state index contributed by atoms with van der Waals surface area (Å²) in [4.78, 5) is 14.1. The Hall–Kier alpha value is -2.14. The van der Waals surface area contributed by atoms with Crippen LogP contribution in [0.3, 0.4) is 0 Å². The fourth-order valence-electron chi connectivity index (χ4n) is 3.00. The molecule has 3 nitrogen and oxygen atoms in total. The lowest BCUT2D eigenvalue weighted by Gasteiger charge is -2.30. The summed E-state index contributed by atoms with van der Waals surface area (Å²) in [6, 6.07) is 22.9. The molecule has 3 rings (SSSR count). The van der Waals surface area contributed by atoms with E-state index in [1.807, 2.05) is 59.5 Å². The molecular weight excluding hydrogens is 413 g/mol. The van der Waals surface area contributed by atoms with E-state index in [9.17, 15) is 4.79 Å². The van der Waals surface area contributed by atoms with Gasteiger partial charge in [0.1, 0.15) is 5.25 Å². The number of hydrogen-bond acceptors (Lipinski definition) is 4. The van der Waals surface area contributed by atoms with Crippen LogP contribution in [-0.2, 0) is 16.1 Å². The monoisotopic (exact) mass is 431 g/mol. The van der Waals surface area contributed by atoms with Crippen molar-refractivity contribution in [1.29, 1.82) is 0 Å². The van der Waals surface area contributed by atoms with Crippen LogP contribution in [0.5, 0.6) is 0 Å². The Balaban J connectivity index is 2.17. The number of rotatable bonds is 6. The summed E-state index contributed by atoms with van der Waals surface area (Å²) in [6.45, 7) is 0.517. The van der Waals surface area contributed by atoms with Crippen molar-refractivity contribution < 1.29 is 9.53 Å². The largest absolute Gasteiger partial charge is 0.468 e. The van der Waals surface area contributed by atoms with Crippen molar-refractivity contribution in [1.82, 2.24) is 0 Å². The number of esters is 1. The molecule has 3 aromatic carbocycles. The summed E-state index contributed by atoms with van der Waals surface area (Å²) in [6.07, 6.45) is 0. The molecule has 0 spiro atoms. The normalized spacial score (nSPS) is 11.7. The van der Waals surface area contributed by atoms with Gasteiger partial charge in [-0.05, 0) is 29.3 Å². The van der Waals surface area contributed by atoms with Crippen LogP contribution in [0.2, 0.25) is 10.0 Å². The quantitative estimate of drug-likeness (QED) is 0.357. The number of thiol groups is 1. The molecule has 0 saturated carbocycles. The maximum atomic E-state index is 12.1. The molecule has 0 fully saturated rings. The molecule has 0 aromatic heterocycles. The number of methoxy groups -OCH3 is 1. The van der Waals surface area contributed by atoms with Gasteiger partial charge in [0.2, 0.25) is 0 Å². The molecule has 144 valence electrons. The summed E-state index contributed by atoms with van der Waals surface area (Å²) < 4.78 is 4.89. The first-order valence-electron chi connectivity index (χ1n) is 8.63. The molecule has 6 heteroatoms. The van der Waals surface area contributed by atoms with Crippen LogP contribution < -0.4 is 4.90 Å². The Bertz CT molecular complexity index is 946. The third kappa shape index (κ3) is 4.46. The number of para-hydroxylation sites is 2. The Morgan fingerprint density at radius 1 is 0.964 bits per heavy atom. The first kappa shape index (κ1) is 20.6. The smallest absolute Gasteiger partial charge is 0.323 e. The second-order valence-corrected chi connectivity index (χ2v) is 7.46. The lowest BCUT2D eigenvalue weighted by Crippen LogP contribution is -2.21. The van der Waals surface area contributed by atoms with Gasteiger partial charge in [0.05, 0.1) is 22.8 Å². The molecule has 0 saturated heterocycles. The molecular formula is C22H19Cl2NO2S. The highest BCUT2D eigenvalue weighted by atomic mass is 35.5. The third-order valence-corrected chi connectivity index (χ3v) is 5.44. The van der Waals surface area contributed by atoms with E-state index < -0.39 is 11.2 Å². The van der Waals surface area contributed by atoms with E-state index in [4.69, 9.17) is 27.9 Å². The molecule has 0 radical (unpaired) electrons. The standard InChI is InChI=1S/C22H19Cl2NO2S/c1-27-22(26)21(28)16-10-5-6-13-19(16)25(14-15-8-3-2-4-9-15)20-17(23)11-7-12-18(20)24/h2-13,21,28H,14H2,1H3. The van der Waals surface area contributed by atoms with E-state index in [1.54, 1.807) is 18.2 Å². The van der Waals surface area contributed by atoms with Gasteiger partial charge >= 0.3 is 5.97 Å². The minimum Gasteiger partial charge on any atom is -0.468 e. The van der Waals surface area contributed by atoms with Crippen molar-refractivity contribution in [2.75, 3.05) is 12.0 Å². The molecule has 0 aliphatic carbocycles. The van der Waals surface area contributed by atoms with E-state index >= 15 is 0 Å². The highest BCUT2D eigenvalue weighted by molar-refractivity contribution is 7.81. The average Bonchev–Trinajstić information content (AvgIpc) is 2.72. The molecule has 28 heavy (non-hydrogen) atoms. The summed E-state index contributed by atoms with van der Waals surface area (Å²) in [5, 5.41) is 0.305. The number of carbonyl (C=O) groups is 1. The number of halogens is 2. The topological polar surface area (TPSA) is 29.5 Å². The summed E-state index contributed by atoms with van der Waals surface area (Å²) in [7, 11) is 1.35. The predicted octanol–water partition coefficient (Wildman–Crippen LogP) is 6.48. The molecule has 0 N–H and O–H groups in total. The van der Waals surface area contributed by atoms with Crippen LogP contribution in [-0.4, -0.2) is 13.1 Å². The van der Waals surface area contributed by atoms with E-state index in [1.165, 1.54) is 7.11 Å². The number of anilines is 2. The summed E-state index contributed by atoms with van der Waals surface area (Å²) >= 11 is 17.5. The summed E-state index contributed by atoms with van der Waals surface area (Å²) in [5.41, 5.74) is 3.24. The van der Waals surface area contributed by atoms with Crippen LogP contribution in [0.1, 0.15) is 16.4 Å². The average molecular weight is 432 g/mol. The second kappa shape index (κ2) is 9.37. The third-order valence-electron chi connectivity index (χ3n) is 4.34. The number of carbonyl (C=O) groups excluding carboxylic acids is 1. The Morgan fingerprint density at radius 3 is 2.21 bits per heavy atom. The van der Waals surface area contributed by atoms with Crippen molar-refractivity contribution in [3.63, 3.8) is 0 Å². The Kier molecular flexibility index (Phi) is 6.89. The van der Waals surface area contributed by atoms with E-state index in [-0.39, 0.29) is 0 Å². The Labute approximate surface area is 180 Å². The molecule has 0 aliphatic heterocycles. The van der Waals surface area contributed by atoms with E-state index in [0.717, 1.165) is 11.3 Å². The van der Waals surface area contributed by atoms with Gasteiger partial charge in [0.15, 0.2) is 0 Å². The second-order valence-electron chi connectivity index (χ2n) is 6.13. The van der Waals surface area contributed by atoms with Crippen LogP contribution in [0.15, 0.2) is 72.8 Å². The van der Waals surface area contributed by atoms with Gasteiger partial charge in [-0.25, -0.2) is 0 Å². The lowest BCUT2D eigenvalue weighted by atomic mass is 10.1. The van der Waals surface area contributed by atoms with Crippen molar-refractivity contribution in [3.05, 3.63) is 94.0 Å². The first-order chi connectivity index (χ1) is 13.5. The zero-order valence-electron chi connectivity index (χ0n) is 15.2. The van der Waals surface area contributed by atoms with Crippen LogP contribution in [0.4, 0.5) is 11.4 Å². The van der Waals surface area contributed by atoms with Gasteiger partial charge in [-0.15, -0.1) is 0 Å². The van der Waals surface area contributed by atoms with Crippen LogP contribution in [0, 0.1) is 0 Å². The fraction of sp³-hybridized carbons (Fsp3) is 0.136. The first-order valence-corrected chi connectivity index (χ1v) is 9.90. The van der Waals surface area contributed by atoms with Crippen molar-refractivity contribution in [2.45, 2.75) is 11.8 Å². The highest BCUT2D eigenvalue weighted by Crippen LogP contribution is 2.42. The number of benzene rings is 3. The molecule has 0 bridgehead atoms. The van der Waals surface area contributed by atoms with Gasteiger partial charge < -0.3 is 9.64 Å². The van der Waals surface area contributed by atoms with Gasteiger partial charge in [0.25, 0.3) is 0 Å². The molecule has 3 aromatic rings. The zero-order valence-corrected chi connectivity index (χ0v) is 17.6. The van der Waals surface area contributed by atoms with Crippen LogP contribution in [0.25, 0.3) is 0 Å². The molecule has 0 amide bonds. The molecule has 0 aliphatic rings. The van der Waals surface area contributed by atoms with Gasteiger partial charge in [-0.2, -0.15) is 12.6 Å². The minimum atomic E-state index is -0.735. The summed E-state index contributed by atoms with van der Waals surface area (Å²) in [5.74, 6) is -0.430. The van der Waals surface area contributed by atoms with Crippen LogP contribution >= 0.6 is 35.8 Å². The highest BCUT2D eigenvalue weighted by Gasteiger charge is 2.25. The maximum Gasteiger partial charge on any atom is 0.323 e. The van der Waals surface area contributed by atoms with E-state index in [2.05, 4.69) is 12.6 Å². The Morgan fingerprint density at radius 2 is 1.57 bits per heavy atom. The SMILES string of the molecule is COC(=O)C(S)c1ccccc1N(Cc1ccccc1)c1c(Cl)cccc1Cl. The molecule has 0 heterocycles. The van der Waals surface area contributed by atoms with Gasteiger partial charge in [-0.1, -0.05) is 77.8 Å². The minimum absolute atomic E-state index is 0.430. The molecule has 1 unspecified atom stereocenters. The van der Waals surface area contributed by atoms with Crippen molar-refractivity contribution >= 4 is 53.2 Å². The maximum absolute atomic E-state index is 12.1. The number of hydrogen-bond donors (Lipinski definition) is 1. The van der Waals surface area contributed by atoms with E-state index in [0.29, 0.717) is 27.8 Å². The number of nitrogens with zero attached hydrogens (tertiary/aromatic N) is 1. The zero-order chi connectivity index (χ0) is 20.1. The van der Waals surface area contributed by atoms with Gasteiger partial charge in [0, 0.05) is 12.2 Å². The van der Waals surface area contributed by atoms with Crippen molar-refractivity contribution in [2.24, 2.45) is 0 Å².